The molecule has 0 spiro atoms. The SMILES string of the molecule is C#CCCCC(=O)c1cccc2nccnc12. The molecular weight excluding hydrogens is 212 g/mol. The van der Waals surface area contributed by atoms with Crippen LogP contribution in [0.15, 0.2) is 30.6 Å². The highest BCUT2D eigenvalue weighted by atomic mass is 16.1. The van der Waals surface area contributed by atoms with Crippen LogP contribution >= 0.6 is 0 Å². The predicted molar refractivity (Wildman–Crippen MR) is 66.6 cm³/mol. The van der Waals surface area contributed by atoms with Gasteiger partial charge in [0.2, 0.25) is 0 Å². The van der Waals surface area contributed by atoms with Gasteiger partial charge in [-0.15, -0.1) is 12.3 Å². The minimum Gasteiger partial charge on any atom is -0.294 e. The molecule has 0 N–H and O–H groups in total. The molecule has 17 heavy (non-hydrogen) atoms. The zero-order valence-corrected chi connectivity index (χ0v) is 9.39. The number of nitrogens with zero attached hydrogens (tertiary/aromatic N) is 2. The molecule has 1 aromatic carbocycles. The van der Waals surface area contributed by atoms with Gasteiger partial charge in [0, 0.05) is 30.8 Å². The van der Waals surface area contributed by atoms with Crippen molar-refractivity contribution in [2.24, 2.45) is 0 Å². The number of carbonyl (C=O) groups excluding carboxylic acids is 1. The summed E-state index contributed by atoms with van der Waals surface area (Å²) in [6.07, 6.45) is 10.2. The molecule has 1 aromatic heterocycles. The number of benzene rings is 1. The van der Waals surface area contributed by atoms with Gasteiger partial charge in [-0.1, -0.05) is 6.07 Å². The van der Waals surface area contributed by atoms with Crippen LogP contribution in [-0.4, -0.2) is 15.8 Å². The molecule has 0 amide bonds. The second-order valence-corrected chi connectivity index (χ2v) is 3.71. The first-order valence-electron chi connectivity index (χ1n) is 5.49. The number of Topliss-reactive ketones (excluding diaryl/α,β-unsaturated/α-hetero) is 1. The smallest absolute Gasteiger partial charge is 0.165 e. The van der Waals surface area contributed by atoms with Crippen molar-refractivity contribution in [3.05, 3.63) is 36.2 Å². The number of aromatic nitrogens is 2. The first-order valence-corrected chi connectivity index (χ1v) is 5.49. The van der Waals surface area contributed by atoms with Gasteiger partial charge in [-0.05, 0) is 18.6 Å². The molecule has 0 fully saturated rings. The molecule has 0 saturated heterocycles. The van der Waals surface area contributed by atoms with Gasteiger partial charge in [0.05, 0.1) is 11.0 Å². The quantitative estimate of drug-likeness (QED) is 0.455. The van der Waals surface area contributed by atoms with Crippen molar-refractivity contribution < 1.29 is 4.79 Å². The molecule has 1 heterocycles. The molecule has 0 atom stereocenters. The fraction of sp³-hybridized carbons (Fsp3) is 0.214. The van der Waals surface area contributed by atoms with Crippen LogP contribution in [0, 0.1) is 12.3 Å². The lowest BCUT2D eigenvalue weighted by Gasteiger charge is -2.03. The molecule has 2 rings (SSSR count). The van der Waals surface area contributed by atoms with E-state index >= 15 is 0 Å². The minimum atomic E-state index is 0.0753. The number of hydrogen-bond donors (Lipinski definition) is 0. The zero-order valence-electron chi connectivity index (χ0n) is 9.39. The van der Waals surface area contributed by atoms with E-state index in [1.807, 2.05) is 12.1 Å². The summed E-state index contributed by atoms with van der Waals surface area (Å²) in [6.45, 7) is 0. The van der Waals surface area contributed by atoms with Gasteiger partial charge in [0.25, 0.3) is 0 Å². The average molecular weight is 224 g/mol. The number of rotatable bonds is 4. The van der Waals surface area contributed by atoms with Crippen LogP contribution < -0.4 is 0 Å². The van der Waals surface area contributed by atoms with Crippen LogP contribution in [-0.2, 0) is 0 Å². The number of hydrogen-bond acceptors (Lipinski definition) is 3. The Labute approximate surface area is 99.9 Å². The molecule has 0 aliphatic carbocycles. The third kappa shape index (κ3) is 2.48. The van der Waals surface area contributed by atoms with Gasteiger partial charge >= 0.3 is 0 Å². The van der Waals surface area contributed by atoms with Crippen molar-refractivity contribution in [1.29, 1.82) is 0 Å². The highest BCUT2D eigenvalue weighted by Crippen LogP contribution is 2.16. The van der Waals surface area contributed by atoms with Gasteiger partial charge in [-0.25, -0.2) is 0 Å². The van der Waals surface area contributed by atoms with Gasteiger partial charge < -0.3 is 0 Å². The van der Waals surface area contributed by atoms with Crippen molar-refractivity contribution in [3.8, 4) is 12.3 Å². The van der Waals surface area contributed by atoms with E-state index in [0.29, 0.717) is 30.3 Å². The number of unbranched alkanes of at least 4 members (excludes halogenated alkanes) is 1. The lowest BCUT2D eigenvalue weighted by atomic mass is 10.0. The van der Waals surface area contributed by atoms with Crippen molar-refractivity contribution in [2.75, 3.05) is 0 Å². The Bertz CT molecular complexity index is 579. The molecule has 0 bridgehead atoms. The largest absolute Gasteiger partial charge is 0.294 e. The first-order chi connectivity index (χ1) is 8.33. The number of terminal acetylenes is 1. The molecule has 2 aromatic rings. The Morgan fingerprint density at radius 2 is 2.12 bits per heavy atom. The Kier molecular flexibility index (Phi) is 3.46. The van der Waals surface area contributed by atoms with E-state index in [2.05, 4.69) is 15.9 Å². The van der Waals surface area contributed by atoms with Crippen LogP contribution in [0.3, 0.4) is 0 Å². The summed E-state index contributed by atoms with van der Waals surface area (Å²) >= 11 is 0. The van der Waals surface area contributed by atoms with E-state index < -0.39 is 0 Å². The fourth-order valence-corrected chi connectivity index (χ4v) is 1.70. The maximum Gasteiger partial charge on any atom is 0.165 e. The van der Waals surface area contributed by atoms with Gasteiger partial charge in [-0.3, -0.25) is 14.8 Å². The third-order valence-corrected chi connectivity index (χ3v) is 2.52. The Morgan fingerprint density at radius 1 is 1.29 bits per heavy atom. The Hall–Kier alpha value is -2.21. The molecule has 0 aliphatic rings. The van der Waals surface area contributed by atoms with Gasteiger partial charge in [0.1, 0.15) is 0 Å². The summed E-state index contributed by atoms with van der Waals surface area (Å²) in [7, 11) is 0. The van der Waals surface area contributed by atoms with Crippen molar-refractivity contribution in [2.45, 2.75) is 19.3 Å². The summed E-state index contributed by atoms with van der Waals surface area (Å²) in [5.74, 6) is 2.61. The summed E-state index contributed by atoms with van der Waals surface area (Å²) in [5, 5.41) is 0. The lowest BCUT2D eigenvalue weighted by molar-refractivity contribution is 0.0982. The van der Waals surface area contributed by atoms with Crippen LogP contribution in [0.1, 0.15) is 29.6 Å². The van der Waals surface area contributed by atoms with E-state index in [4.69, 9.17) is 6.42 Å². The van der Waals surface area contributed by atoms with Crippen LogP contribution in [0.25, 0.3) is 11.0 Å². The van der Waals surface area contributed by atoms with E-state index in [1.54, 1.807) is 18.5 Å². The highest BCUT2D eigenvalue weighted by Gasteiger charge is 2.10. The van der Waals surface area contributed by atoms with E-state index in [0.717, 1.165) is 5.52 Å². The molecule has 3 heteroatoms. The summed E-state index contributed by atoms with van der Waals surface area (Å²) in [5.41, 5.74) is 2.05. The van der Waals surface area contributed by atoms with E-state index in [9.17, 15) is 4.79 Å². The van der Waals surface area contributed by atoms with Crippen molar-refractivity contribution in [3.63, 3.8) is 0 Å². The van der Waals surface area contributed by atoms with Gasteiger partial charge in [-0.2, -0.15) is 0 Å². The second-order valence-electron chi connectivity index (χ2n) is 3.71. The molecule has 0 radical (unpaired) electrons. The zero-order chi connectivity index (χ0) is 12.1. The minimum absolute atomic E-state index is 0.0753. The van der Waals surface area contributed by atoms with Crippen molar-refractivity contribution in [1.82, 2.24) is 9.97 Å². The normalized spacial score (nSPS) is 10.1. The third-order valence-electron chi connectivity index (χ3n) is 2.52. The molecule has 0 unspecified atom stereocenters. The number of fused-ring (bicyclic) bond motifs is 1. The van der Waals surface area contributed by atoms with E-state index in [-0.39, 0.29) is 5.78 Å². The summed E-state index contributed by atoms with van der Waals surface area (Å²) < 4.78 is 0. The van der Waals surface area contributed by atoms with Crippen molar-refractivity contribution >= 4 is 16.8 Å². The van der Waals surface area contributed by atoms with Crippen LogP contribution in [0.2, 0.25) is 0 Å². The maximum atomic E-state index is 12.0. The molecule has 0 saturated carbocycles. The Morgan fingerprint density at radius 3 is 2.94 bits per heavy atom. The summed E-state index contributed by atoms with van der Waals surface area (Å²) in [6, 6.07) is 5.46. The molecule has 0 aliphatic heterocycles. The van der Waals surface area contributed by atoms with Gasteiger partial charge in [0.15, 0.2) is 5.78 Å². The number of ketones is 1. The van der Waals surface area contributed by atoms with Crippen LogP contribution in [0.5, 0.6) is 0 Å². The molecule has 3 nitrogen and oxygen atoms in total. The Balaban J connectivity index is 2.29. The first kappa shape index (κ1) is 11.3. The lowest BCUT2D eigenvalue weighted by Crippen LogP contribution is -2.01. The number of para-hydroxylation sites is 1. The maximum absolute atomic E-state index is 12.0. The second kappa shape index (κ2) is 5.22. The topological polar surface area (TPSA) is 42.9 Å². The summed E-state index contributed by atoms with van der Waals surface area (Å²) in [4.78, 5) is 20.4. The average Bonchev–Trinajstić information content (AvgIpc) is 2.38. The number of carbonyl (C=O) groups is 1. The van der Waals surface area contributed by atoms with Crippen LogP contribution in [0.4, 0.5) is 0 Å². The van der Waals surface area contributed by atoms with E-state index in [1.165, 1.54) is 0 Å². The molecule has 84 valence electrons. The highest BCUT2D eigenvalue weighted by molar-refractivity contribution is 6.05. The molecular formula is C14H12N2O. The predicted octanol–water partition coefficient (Wildman–Crippen LogP) is 2.62. The standard InChI is InChI=1S/C14H12N2O/c1-2-3-4-8-13(17)11-6-5-7-12-14(11)16-10-9-15-12/h1,5-7,9-10H,3-4,8H2. The monoisotopic (exact) mass is 224 g/mol. The fourth-order valence-electron chi connectivity index (χ4n) is 1.70.